The third kappa shape index (κ3) is 4.28. The fourth-order valence-corrected chi connectivity index (χ4v) is 2.23. The van der Waals surface area contributed by atoms with Gasteiger partial charge < -0.3 is 0 Å². The van der Waals surface area contributed by atoms with Gasteiger partial charge >= 0.3 is 0 Å². The Hall–Kier alpha value is -2.04. The SMILES string of the molecule is NNC(=O)CCNS(=O)(=O)c1ccc([N+](=O)[O-])cc1. The number of carbonyl (C=O) groups excluding carboxylic acids is 1. The van der Waals surface area contributed by atoms with E-state index in [1.165, 1.54) is 0 Å². The normalized spacial score (nSPS) is 11.0. The van der Waals surface area contributed by atoms with Gasteiger partial charge in [-0.15, -0.1) is 0 Å². The minimum Gasteiger partial charge on any atom is -0.294 e. The largest absolute Gasteiger partial charge is 0.294 e. The smallest absolute Gasteiger partial charge is 0.269 e. The first-order chi connectivity index (χ1) is 8.86. The molecular weight excluding hydrogens is 276 g/mol. The molecule has 19 heavy (non-hydrogen) atoms. The van der Waals surface area contributed by atoms with E-state index in [4.69, 9.17) is 5.84 Å². The lowest BCUT2D eigenvalue weighted by Gasteiger charge is -2.05. The lowest BCUT2D eigenvalue weighted by atomic mass is 10.3. The van der Waals surface area contributed by atoms with E-state index in [1.54, 1.807) is 0 Å². The predicted molar refractivity (Wildman–Crippen MR) is 65.2 cm³/mol. The van der Waals surface area contributed by atoms with Crippen molar-refractivity contribution in [3.8, 4) is 0 Å². The standard InChI is InChI=1S/C9H12N4O5S/c10-12-9(14)5-6-11-19(17,18)8-3-1-7(2-4-8)13(15)16/h1-4,11H,5-6,10H2,(H,12,14). The van der Waals surface area contributed by atoms with Gasteiger partial charge in [0.2, 0.25) is 15.9 Å². The number of sulfonamides is 1. The third-order valence-corrected chi connectivity index (χ3v) is 3.64. The van der Waals surface area contributed by atoms with Crippen LogP contribution in [0.25, 0.3) is 0 Å². The van der Waals surface area contributed by atoms with Crippen molar-refractivity contribution in [1.29, 1.82) is 0 Å². The van der Waals surface area contributed by atoms with Gasteiger partial charge in [0.15, 0.2) is 0 Å². The molecule has 0 bridgehead atoms. The van der Waals surface area contributed by atoms with Crippen LogP contribution in [0.4, 0.5) is 5.69 Å². The van der Waals surface area contributed by atoms with Crippen molar-refractivity contribution in [2.45, 2.75) is 11.3 Å². The van der Waals surface area contributed by atoms with Crippen molar-refractivity contribution >= 4 is 21.6 Å². The highest BCUT2D eigenvalue weighted by atomic mass is 32.2. The summed E-state index contributed by atoms with van der Waals surface area (Å²) in [6, 6.07) is 4.40. The molecule has 0 aromatic heterocycles. The maximum Gasteiger partial charge on any atom is 0.269 e. The number of hydrogen-bond acceptors (Lipinski definition) is 6. The Labute approximate surface area is 109 Å². The maximum atomic E-state index is 11.7. The highest BCUT2D eigenvalue weighted by molar-refractivity contribution is 7.89. The molecule has 0 aliphatic rings. The summed E-state index contributed by atoms with van der Waals surface area (Å²) in [4.78, 5) is 20.5. The quantitative estimate of drug-likeness (QED) is 0.272. The fourth-order valence-electron chi connectivity index (χ4n) is 1.20. The Morgan fingerprint density at radius 3 is 2.37 bits per heavy atom. The number of nitrogens with zero attached hydrogens (tertiary/aromatic N) is 1. The molecule has 1 amide bonds. The number of rotatable bonds is 6. The first-order valence-electron chi connectivity index (χ1n) is 5.10. The Kier molecular flexibility index (Phi) is 4.92. The first-order valence-corrected chi connectivity index (χ1v) is 6.58. The number of non-ortho nitro benzene ring substituents is 1. The first kappa shape index (κ1) is 15.0. The van der Waals surface area contributed by atoms with Crippen LogP contribution in [0.15, 0.2) is 29.2 Å². The van der Waals surface area contributed by atoms with Gasteiger partial charge in [-0.25, -0.2) is 19.0 Å². The average molecular weight is 288 g/mol. The Morgan fingerprint density at radius 2 is 1.89 bits per heavy atom. The minimum absolute atomic E-state index is 0.108. The lowest BCUT2D eigenvalue weighted by molar-refractivity contribution is -0.384. The highest BCUT2D eigenvalue weighted by Gasteiger charge is 2.15. The van der Waals surface area contributed by atoms with Gasteiger partial charge in [0.05, 0.1) is 9.82 Å². The van der Waals surface area contributed by atoms with Gasteiger partial charge in [-0.1, -0.05) is 0 Å². The summed E-state index contributed by atoms with van der Waals surface area (Å²) in [7, 11) is -3.80. The van der Waals surface area contributed by atoms with Gasteiger partial charge in [0, 0.05) is 25.1 Å². The van der Waals surface area contributed by atoms with Crippen LogP contribution >= 0.6 is 0 Å². The number of carbonyl (C=O) groups is 1. The summed E-state index contributed by atoms with van der Waals surface area (Å²) in [6.45, 7) is -0.123. The van der Waals surface area contributed by atoms with Crippen molar-refractivity contribution in [2.75, 3.05) is 6.54 Å². The lowest BCUT2D eigenvalue weighted by Crippen LogP contribution is -2.34. The molecule has 0 atom stereocenters. The fraction of sp³-hybridized carbons (Fsp3) is 0.222. The van der Waals surface area contributed by atoms with Crippen LogP contribution in [-0.2, 0) is 14.8 Å². The number of nitrogens with one attached hydrogen (secondary N) is 2. The van der Waals surface area contributed by atoms with Crippen molar-refractivity contribution in [1.82, 2.24) is 10.1 Å². The van der Waals surface area contributed by atoms with Crippen LogP contribution in [0.1, 0.15) is 6.42 Å². The Balaban J connectivity index is 2.72. The molecule has 0 saturated heterocycles. The van der Waals surface area contributed by atoms with E-state index in [2.05, 4.69) is 4.72 Å². The van der Waals surface area contributed by atoms with Crippen LogP contribution in [-0.4, -0.2) is 25.8 Å². The average Bonchev–Trinajstić information content (AvgIpc) is 2.38. The minimum atomic E-state index is -3.80. The van der Waals surface area contributed by atoms with Crippen molar-refractivity contribution in [3.63, 3.8) is 0 Å². The Bertz CT molecular complexity index is 569. The molecule has 104 valence electrons. The molecule has 1 aromatic rings. The zero-order valence-electron chi connectivity index (χ0n) is 9.70. The van der Waals surface area contributed by atoms with Gasteiger partial charge in [-0.2, -0.15) is 0 Å². The summed E-state index contributed by atoms with van der Waals surface area (Å²) >= 11 is 0. The summed E-state index contributed by atoms with van der Waals surface area (Å²) in [6.07, 6.45) is -0.108. The molecule has 0 heterocycles. The van der Waals surface area contributed by atoms with E-state index in [0.717, 1.165) is 24.3 Å². The Morgan fingerprint density at radius 1 is 1.32 bits per heavy atom. The van der Waals surface area contributed by atoms with Gasteiger partial charge in [-0.05, 0) is 12.1 Å². The molecule has 0 aliphatic carbocycles. The van der Waals surface area contributed by atoms with Gasteiger partial charge in [0.25, 0.3) is 5.69 Å². The van der Waals surface area contributed by atoms with E-state index >= 15 is 0 Å². The number of amides is 1. The van der Waals surface area contributed by atoms with E-state index in [1.807, 2.05) is 5.43 Å². The highest BCUT2D eigenvalue weighted by Crippen LogP contribution is 2.15. The van der Waals surface area contributed by atoms with Gasteiger partial charge in [0.1, 0.15) is 0 Å². The predicted octanol–water partition coefficient (Wildman–Crippen LogP) is -0.747. The molecule has 9 nitrogen and oxygen atoms in total. The third-order valence-electron chi connectivity index (χ3n) is 2.16. The molecule has 0 unspecified atom stereocenters. The summed E-state index contributed by atoms with van der Waals surface area (Å²) in [5.41, 5.74) is 1.66. The van der Waals surface area contributed by atoms with Crippen LogP contribution in [0.2, 0.25) is 0 Å². The zero-order chi connectivity index (χ0) is 14.5. The van der Waals surface area contributed by atoms with E-state index < -0.39 is 20.9 Å². The van der Waals surface area contributed by atoms with E-state index in [-0.39, 0.29) is 23.5 Å². The second kappa shape index (κ2) is 6.22. The molecule has 1 aromatic carbocycles. The molecule has 0 aliphatic heterocycles. The number of nitro benzene ring substituents is 1. The number of nitro groups is 1. The molecule has 0 saturated carbocycles. The van der Waals surface area contributed by atoms with Gasteiger partial charge in [-0.3, -0.25) is 20.3 Å². The van der Waals surface area contributed by atoms with Crippen LogP contribution in [0.5, 0.6) is 0 Å². The molecule has 1 rings (SSSR count). The maximum absolute atomic E-state index is 11.7. The number of hydrazine groups is 1. The second-order valence-electron chi connectivity index (χ2n) is 3.47. The monoisotopic (exact) mass is 288 g/mol. The molecule has 10 heteroatoms. The second-order valence-corrected chi connectivity index (χ2v) is 5.23. The molecule has 0 spiro atoms. The van der Waals surface area contributed by atoms with E-state index in [9.17, 15) is 23.3 Å². The summed E-state index contributed by atoms with van der Waals surface area (Å²) in [5, 5.41) is 10.4. The van der Waals surface area contributed by atoms with Crippen molar-refractivity contribution < 1.29 is 18.1 Å². The number of hydrogen-bond donors (Lipinski definition) is 3. The molecular formula is C9H12N4O5S. The number of benzene rings is 1. The summed E-state index contributed by atoms with van der Waals surface area (Å²) < 4.78 is 25.7. The summed E-state index contributed by atoms with van der Waals surface area (Å²) in [5.74, 6) is 4.33. The van der Waals surface area contributed by atoms with E-state index in [0.29, 0.717) is 0 Å². The number of nitrogens with two attached hydrogens (primary N) is 1. The molecule has 0 fully saturated rings. The van der Waals surface area contributed by atoms with Crippen molar-refractivity contribution in [2.24, 2.45) is 5.84 Å². The topological polar surface area (TPSA) is 144 Å². The van der Waals surface area contributed by atoms with Crippen LogP contribution < -0.4 is 16.0 Å². The van der Waals surface area contributed by atoms with Crippen LogP contribution in [0, 0.1) is 10.1 Å². The molecule has 0 radical (unpaired) electrons. The van der Waals surface area contributed by atoms with Crippen LogP contribution in [0.3, 0.4) is 0 Å². The van der Waals surface area contributed by atoms with Crippen molar-refractivity contribution in [3.05, 3.63) is 34.4 Å². The molecule has 4 N–H and O–H groups in total. The zero-order valence-corrected chi connectivity index (χ0v) is 10.5.